The fraction of sp³-hybridized carbons (Fsp3) is 0.231. The number of amides is 1. The number of alkyl halides is 3. The van der Waals surface area contributed by atoms with Gasteiger partial charge >= 0.3 is 12.1 Å². The lowest BCUT2D eigenvalue weighted by Crippen LogP contribution is -2.45. The number of benzene rings is 3. The molecule has 0 aliphatic rings. The summed E-state index contributed by atoms with van der Waals surface area (Å²) in [5.74, 6) is -1.60. The van der Waals surface area contributed by atoms with E-state index in [4.69, 9.17) is 4.74 Å². The van der Waals surface area contributed by atoms with Crippen molar-refractivity contribution < 1.29 is 27.8 Å². The molecular formula is C26H26F3N3O3. The molecule has 0 radical (unpaired) electrons. The molecule has 0 aliphatic heterocycles. The fourth-order valence-electron chi connectivity index (χ4n) is 3.65. The number of ether oxygens (including phenoxy) is 1. The minimum Gasteiger partial charge on any atom is -0.484 e. The van der Waals surface area contributed by atoms with Crippen molar-refractivity contribution in [1.82, 2.24) is 15.1 Å². The van der Waals surface area contributed by atoms with Crippen molar-refractivity contribution in [2.24, 2.45) is 0 Å². The molecule has 35 heavy (non-hydrogen) atoms. The summed E-state index contributed by atoms with van der Waals surface area (Å²) >= 11 is 0. The summed E-state index contributed by atoms with van der Waals surface area (Å²) in [5, 5.41) is 16.4. The van der Waals surface area contributed by atoms with Gasteiger partial charge < -0.3 is 15.2 Å². The van der Waals surface area contributed by atoms with Crippen molar-refractivity contribution >= 4 is 16.8 Å². The maximum absolute atomic E-state index is 12.8. The highest BCUT2D eigenvalue weighted by Gasteiger charge is 2.40. The summed E-state index contributed by atoms with van der Waals surface area (Å²) in [6.45, 7) is 1.42. The predicted octanol–water partition coefficient (Wildman–Crippen LogP) is 5.34. The Labute approximate surface area is 201 Å². The Bertz CT molecular complexity index is 1270. The molecule has 0 bridgehead atoms. The predicted molar refractivity (Wildman–Crippen MR) is 127 cm³/mol. The van der Waals surface area contributed by atoms with Crippen LogP contribution in [0.3, 0.4) is 0 Å². The number of nitrogens with one attached hydrogen (secondary N) is 1. The van der Waals surface area contributed by atoms with Crippen molar-refractivity contribution in [3.63, 3.8) is 0 Å². The molecule has 4 rings (SSSR count). The van der Waals surface area contributed by atoms with E-state index < -0.39 is 24.2 Å². The van der Waals surface area contributed by atoms with E-state index in [1.165, 1.54) is 6.92 Å². The van der Waals surface area contributed by atoms with Crippen LogP contribution in [0.25, 0.3) is 16.6 Å². The summed E-state index contributed by atoms with van der Waals surface area (Å²) in [6, 6.07) is 20.3. The summed E-state index contributed by atoms with van der Waals surface area (Å²) in [4.78, 5) is 11.5. The summed E-state index contributed by atoms with van der Waals surface area (Å²) < 4.78 is 46.2. The van der Waals surface area contributed by atoms with Gasteiger partial charge in [-0.3, -0.25) is 4.79 Å². The number of aromatic nitrogens is 2. The lowest BCUT2D eigenvalue weighted by atomic mass is 10.0. The summed E-state index contributed by atoms with van der Waals surface area (Å²) in [7, 11) is 0. The monoisotopic (exact) mass is 485 g/mol. The topological polar surface area (TPSA) is 76.4 Å². The fourth-order valence-corrected chi connectivity index (χ4v) is 3.65. The lowest BCUT2D eigenvalue weighted by Gasteiger charge is -2.27. The van der Waals surface area contributed by atoms with Gasteiger partial charge in [0.25, 0.3) is 0 Å². The molecule has 4 aromatic rings. The molecule has 2 N–H and O–H groups in total. The first-order chi connectivity index (χ1) is 16.3. The Balaban J connectivity index is 0.00000342. The molecule has 1 aromatic heterocycles. The van der Waals surface area contributed by atoms with Gasteiger partial charge in [0.05, 0.1) is 30.0 Å². The van der Waals surface area contributed by atoms with Crippen molar-refractivity contribution in [2.75, 3.05) is 0 Å². The van der Waals surface area contributed by atoms with E-state index in [2.05, 4.69) is 5.10 Å². The van der Waals surface area contributed by atoms with Gasteiger partial charge in [-0.1, -0.05) is 49.9 Å². The van der Waals surface area contributed by atoms with E-state index >= 15 is 0 Å². The van der Waals surface area contributed by atoms with Gasteiger partial charge in [-0.05, 0) is 48.4 Å². The highest BCUT2D eigenvalue weighted by molar-refractivity contribution is 5.82. The highest BCUT2D eigenvalue weighted by atomic mass is 19.4. The molecule has 0 aliphatic carbocycles. The lowest BCUT2D eigenvalue weighted by molar-refractivity contribution is -0.174. The molecule has 3 aromatic carbocycles. The third-order valence-corrected chi connectivity index (χ3v) is 5.36. The van der Waals surface area contributed by atoms with Crippen LogP contribution >= 0.6 is 0 Å². The Kier molecular flexibility index (Phi) is 7.81. The van der Waals surface area contributed by atoms with Crippen LogP contribution in [-0.4, -0.2) is 33.0 Å². The van der Waals surface area contributed by atoms with E-state index in [-0.39, 0.29) is 14.0 Å². The average Bonchev–Trinajstić information content (AvgIpc) is 3.25. The van der Waals surface area contributed by atoms with Crippen LogP contribution in [0, 0.1) is 0 Å². The number of hydrogen-bond donors (Lipinski definition) is 2. The number of hydrogen-bond acceptors (Lipinski definition) is 4. The molecule has 184 valence electrons. The maximum Gasteiger partial charge on any atom is 0.471 e. The van der Waals surface area contributed by atoms with Gasteiger partial charge in [0, 0.05) is 5.39 Å². The SMILES string of the molecule is C.C[C@H](NC(=O)C(F)(F)F)[C@H](Oc1ccc2c(cnn2-c2ccc(CO)cc2)c1)c1ccccc1. The second kappa shape index (κ2) is 10.6. The van der Waals surface area contributed by atoms with Crippen LogP contribution in [0.4, 0.5) is 13.2 Å². The minimum absolute atomic E-state index is 0. The van der Waals surface area contributed by atoms with Gasteiger partial charge in [0.2, 0.25) is 0 Å². The van der Waals surface area contributed by atoms with Gasteiger partial charge in [-0.25, -0.2) is 4.68 Å². The number of nitrogens with zero attached hydrogens (tertiary/aromatic N) is 2. The Hall–Kier alpha value is -3.85. The molecule has 0 saturated heterocycles. The largest absolute Gasteiger partial charge is 0.484 e. The first-order valence-corrected chi connectivity index (χ1v) is 10.5. The molecule has 6 nitrogen and oxygen atoms in total. The van der Waals surface area contributed by atoms with E-state index in [0.717, 1.165) is 22.2 Å². The van der Waals surface area contributed by atoms with Crippen LogP contribution < -0.4 is 10.1 Å². The van der Waals surface area contributed by atoms with E-state index in [1.807, 2.05) is 17.4 Å². The zero-order valence-corrected chi connectivity index (χ0v) is 18.2. The molecular weight excluding hydrogens is 459 g/mol. The maximum atomic E-state index is 12.8. The standard InChI is InChI=1S/C25H22F3N3O3.CH4/c1-16(30-24(33)25(26,27)28)23(18-5-3-2-4-6-18)34-21-11-12-22-19(13-21)14-29-31(22)20-9-7-17(15-32)8-10-20;/h2-14,16,23,32H,15H2,1H3,(H,30,33);1H4/t16-,23-;/m0./s1. The highest BCUT2D eigenvalue weighted by Crippen LogP contribution is 2.29. The van der Waals surface area contributed by atoms with Crippen molar-refractivity contribution in [2.45, 2.75) is 39.3 Å². The Morgan fingerprint density at radius 1 is 1.09 bits per heavy atom. The van der Waals surface area contributed by atoms with Crippen molar-refractivity contribution in [3.05, 3.63) is 90.1 Å². The van der Waals surface area contributed by atoms with Crippen LogP contribution in [0.1, 0.15) is 31.6 Å². The molecule has 0 saturated carbocycles. The number of rotatable bonds is 7. The van der Waals surface area contributed by atoms with Gasteiger partial charge in [-0.15, -0.1) is 0 Å². The number of carbonyl (C=O) groups excluding carboxylic acids is 1. The summed E-state index contributed by atoms with van der Waals surface area (Å²) in [6.07, 6.45) is -4.18. The smallest absolute Gasteiger partial charge is 0.471 e. The number of aliphatic hydroxyl groups excluding tert-OH is 1. The van der Waals surface area contributed by atoms with E-state index in [0.29, 0.717) is 11.3 Å². The normalized spacial score (nSPS) is 13.1. The average molecular weight is 486 g/mol. The van der Waals surface area contributed by atoms with Crippen molar-refractivity contribution in [3.8, 4) is 11.4 Å². The molecule has 2 atom stereocenters. The zero-order chi connectivity index (χ0) is 24.3. The zero-order valence-electron chi connectivity index (χ0n) is 18.2. The van der Waals surface area contributed by atoms with Crippen LogP contribution in [-0.2, 0) is 11.4 Å². The van der Waals surface area contributed by atoms with Crippen LogP contribution in [0.2, 0.25) is 0 Å². The molecule has 0 fully saturated rings. The summed E-state index contributed by atoms with van der Waals surface area (Å²) in [5.41, 5.74) is 3.03. The number of carbonyl (C=O) groups is 1. The van der Waals surface area contributed by atoms with Crippen LogP contribution in [0.15, 0.2) is 79.0 Å². The van der Waals surface area contributed by atoms with Gasteiger partial charge in [-0.2, -0.15) is 18.3 Å². The molecule has 9 heteroatoms. The molecule has 0 unspecified atom stereocenters. The number of halogens is 3. The first kappa shape index (κ1) is 25.8. The molecule has 0 spiro atoms. The Morgan fingerprint density at radius 3 is 2.40 bits per heavy atom. The second-order valence-corrected chi connectivity index (χ2v) is 7.81. The molecule has 1 heterocycles. The van der Waals surface area contributed by atoms with E-state index in [1.54, 1.807) is 71.5 Å². The van der Waals surface area contributed by atoms with Gasteiger partial charge in [0.15, 0.2) is 0 Å². The Morgan fingerprint density at radius 2 is 1.77 bits per heavy atom. The van der Waals surface area contributed by atoms with Crippen LogP contribution in [0.5, 0.6) is 5.75 Å². The third-order valence-electron chi connectivity index (χ3n) is 5.36. The minimum atomic E-state index is -4.99. The molecule has 1 amide bonds. The first-order valence-electron chi connectivity index (χ1n) is 10.5. The van der Waals surface area contributed by atoms with Gasteiger partial charge in [0.1, 0.15) is 11.9 Å². The van der Waals surface area contributed by atoms with Crippen molar-refractivity contribution in [1.29, 1.82) is 0 Å². The van der Waals surface area contributed by atoms with E-state index in [9.17, 15) is 23.1 Å². The second-order valence-electron chi connectivity index (χ2n) is 7.81. The third kappa shape index (κ3) is 5.81. The quantitative estimate of drug-likeness (QED) is 0.371. The number of fused-ring (bicyclic) bond motifs is 1. The number of aliphatic hydroxyl groups is 1.